The van der Waals surface area contributed by atoms with Crippen LogP contribution in [0.2, 0.25) is 5.02 Å². The number of thioether (sulfide) groups is 1. The SMILES string of the molecule is COc1ccc(Cl)cc1-c1nnc(SCC(=O)Nc2sc3c(c2C#N)CCCCC3)n1C. The number of nitrogens with zero attached hydrogens (tertiary/aromatic N) is 4. The first-order chi connectivity index (χ1) is 15.5. The van der Waals surface area contributed by atoms with Gasteiger partial charge in [0.1, 0.15) is 16.8 Å². The lowest BCUT2D eigenvalue weighted by molar-refractivity contribution is -0.113. The summed E-state index contributed by atoms with van der Waals surface area (Å²) in [5.41, 5.74) is 2.47. The molecular formula is C22H22ClN5O2S2. The van der Waals surface area contributed by atoms with Gasteiger partial charge in [0.2, 0.25) is 5.91 Å². The lowest BCUT2D eigenvalue weighted by Gasteiger charge is -2.09. The summed E-state index contributed by atoms with van der Waals surface area (Å²) in [7, 11) is 3.42. The second kappa shape index (κ2) is 9.94. The molecule has 4 rings (SSSR count). The van der Waals surface area contributed by atoms with Crippen LogP contribution in [-0.4, -0.2) is 33.5 Å². The lowest BCUT2D eigenvalue weighted by Crippen LogP contribution is -2.14. The van der Waals surface area contributed by atoms with Crippen LogP contribution in [-0.2, 0) is 24.7 Å². The first-order valence-corrected chi connectivity index (χ1v) is 12.4. The van der Waals surface area contributed by atoms with E-state index in [1.807, 2.05) is 7.05 Å². The van der Waals surface area contributed by atoms with Gasteiger partial charge in [-0.25, -0.2) is 0 Å². The minimum atomic E-state index is -0.173. The van der Waals surface area contributed by atoms with E-state index in [0.29, 0.717) is 32.3 Å². The molecule has 0 fully saturated rings. The first-order valence-electron chi connectivity index (χ1n) is 10.2. The van der Waals surface area contributed by atoms with Gasteiger partial charge in [-0.3, -0.25) is 4.79 Å². The summed E-state index contributed by atoms with van der Waals surface area (Å²) in [5.74, 6) is 1.22. The number of aromatic nitrogens is 3. The standard InChI is InChI=1S/C22H22ClN5O2S2/c1-28-20(15-10-13(23)8-9-17(15)30-2)26-27-22(28)31-12-19(29)25-21-16(11-24)14-6-4-3-5-7-18(14)32-21/h8-10H,3-7,12H2,1-2H3,(H,25,29). The van der Waals surface area contributed by atoms with Crippen molar-refractivity contribution in [1.29, 1.82) is 5.26 Å². The van der Waals surface area contributed by atoms with Crippen molar-refractivity contribution in [2.24, 2.45) is 7.05 Å². The molecule has 0 bridgehead atoms. The second-order valence-corrected chi connectivity index (χ2v) is 9.91. The van der Waals surface area contributed by atoms with Crippen LogP contribution in [0.3, 0.4) is 0 Å². The Bertz CT molecular complexity index is 1200. The van der Waals surface area contributed by atoms with Crippen molar-refractivity contribution in [3.63, 3.8) is 0 Å². The Labute approximate surface area is 199 Å². The number of hydrogen-bond acceptors (Lipinski definition) is 7. The molecule has 1 aliphatic rings. The van der Waals surface area contributed by atoms with Gasteiger partial charge in [0.05, 0.1) is 24.0 Å². The molecular weight excluding hydrogens is 466 g/mol. The van der Waals surface area contributed by atoms with Gasteiger partial charge in [-0.15, -0.1) is 21.5 Å². The van der Waals surface area contributed by atoms with Gasteiger partial charge in [-0.2, -0.15) is 5.26 Å². The second-order valence-electron chi connectivity index (χ2n) is 7.43. The zero-order valence-electron chi connectivity index (χ0n) is 17.8. The fourth-order valence-corrected chi connectivity index (χ4v) is 5.91. The van der Waals surface area contributed by atoms with E-state index in [1.165, 1.54) is 34.4 Å². The summed E-state index contributed by atoms with van der Waals surface area (Å²) >= 11 is 8.96. The summed E-state index contributed by atoms with van der Waals surface area (Å²) in [6.45, 7) is 0. The Morgan fingerprint density at radius 3 is 2.94 bits per heavy atom. The molecule has 32 heavy (non-hydrogen) atoms. The van der Waals surface area contributed by atoms with Gasteiger partial charge in [0.25, 0.3) is 0 Å². The Hall–Kier alpha value is -2.54. The van der Waals surface area contributed by atoms with Crippen LogP contribution in [0.25, 0.3) is 11.4 Å². The van der Waals surface area contributed by atoms with Gasteiger partial charge < -0.3 is 14.6 Å². The number of hydrogen-bond donors (Lipinski definition) is 1. The maximum atomic E-state index is 12.6. The normalized spacial score (nSPS) is 13.2. The number of carbonyl (C=O) groups excluding carboxylic acids is 1. The minimum absolute atomic E-state index is 0.159. The fraction of sp³-hybridized carbons (Fsp3) is 0.364. The van der Waals surface area contributed by atoms with Crippen LogP contribution in [0.15, 0.2) is 23.4 Å². The average Bonchev–Trinajstić information content (AvgIpc) is 3.21. The van der Waals surface area contributed by atoms with Crippen LogP contribution >= 0.6 is 34.7 Å². The number of nitrogens with one attached hydrogen (secondary N) is 1. The van der Waals surface area contributed by atoms with Crippen molar-refractivity contribution in [3.05, 3.63) is 39.2 Å². The number of carbonyl (C=O) groups is 1. The Morgan fingerprint density at radius 1 is 1.34 bits per heavy atom. The van der Waals surface area contributed by atoms with E-state index in [1.54, 1.807) is 29.9 Å². The van der Waals surface area contributed by atoms with Crippen LogP contribution in [0.5, 0.6) is 5.75 Å². The first kappa shape index (κ1) is 22.6. The Kier molecular flexibility index (Phi) is 7.04. The van der Waals surface area contributed by atoms with E-state index < -0.39 is 0 Å². The Morgan fingerprint density at radius 2 is 2.16 bits per heavy atom. The molecule has 10 heteroatoms. The van der Waals surface area contributed by atoms with E-state index in [4.69, 9.17) is 16.3 Å². The van der Waals surface area contributed by atoms with Crippen molar-refractivity contribution >= 4 is 45.6 Å². The highest BCUT2D eigenvalue weighted by molar-refractivity contribution is 7.99. The largest absolute Gasteiger partial charge is 0.496 e. The third-order valence-corrected chi connectivity index (χ3v) is 7.82. The highest BCUT2D eigenvalue weighted by Crippen LogP contribution is 2.37. The molecule has 166 valence electrons. The molecule has 0 aliphatic heterocycles. The van der Waals surface area contributed by atoms with Crippen LogP contribution < -0.4 is 10.1 Å². The molecule has 0 atom stereocenters. The predicted octanol–water partition coefficient (Wildman–Crippen LogP) is 5.08. The van der Waals surface area contributed by atoms with Gasteiger partial charge >= 0.3 is 0 Å². The zero-order valence-corrected chi connectivity index (χ0v) is 20.2. The third kappa shape index (κ3) is 4.63. The number of aryl methyl sites for hydroxylation is 1. The minimum Gasteiger partial charge on any atom is -0.496 e. The quantitative estimate of drug-likeness (QED) is 0.385. The summed E-state index contributed by atoms with van der Waals surface area (Å²) in [6.07, 6.45) is 5.30. The topological polar surface area (TPSA) is 92.8 Å². The van der Waals surface area contributed by atoms with E-state index >= 15 is 0 Å². The summed E-state index contributed by atoms with van der Waals surface area (Å²) in [5, 5.41) is 22.9. The Balaban J connectivity index is 1.46. The smallest absolute Gasteiger partial charge is 0.235 e. The highest BCUT2D eigenvalue weighted by atomic mass is 35.5. The molecule has 7 nitrogen and oxygen atoms in total. The fourth-order valence-electron chi connectivity index (χ4n) is 3.77. The van der Waals surface area contributed by atoms with E-state index in [-0.39, 0.29) is 11.7 Å². The average molecular weight is 488 g/mol. The summed E-state index contributed by atoms with van der Waals surface area (Å²) < 4.78 is 7.22. The molecule has 0 spiro atoms. The maximum Gasteiger partial charge on any atom is 0.235 e. The van der Waals surface area contributed by atoms with Crippen molar-refractivity contribution in [2.45, 2.75) is 37.3 Å². The van der Waals surface area contributed by atoms with E-state index in [9.17, 15) is 10.1 Å². The van der Waals surface area contributed by atoms with Gasteiger partial charge in [0, 0.05) is 16.9 Å². The van der Waals surface area contributed by atoms with Gasteiger partial charge in [0.15, 0.2) is 11.0 Å². The number of halogens is 1. The molecule has 1 amide bonds. The molecule has 1 N–H and O–H groups in total. The lowest BCUT2D eigenvalue weighted by atomic mass is 10.1. The molecule has 0 saturated heterocycles. The monoisotopic (exact) mass is 487 g/mol. The molecule has 1 aliphatic carbocycles. The number of thiophene rings is 1. The number of anilines is 1. The molecule has 0 saturated carbocycles. The highest BCUT2D eigenvalue weighted by Gasteiger charge is 2.22. The number of fused-ring (bicyclic) bond motifs is 1. The molecule has 0 radical (unpaired) electrons. The third-order valence-electron chi connectivity index (χ3n) is 5.36. The van der Waals surface area contributed by atoms with Crippen molar-refractivity contribution in [1.82, 2.24) is 14.8 Å². The van der Waals surface area contributed by atoms with E-state index in [0.717, 1.165) is 36.8 Å². The van der Waals surface area contributed by atoms with Gasteiger partial charge in [-0.05, 0) is 49.4 Å². The van der Waals surface area contributed by atoms with Crippen LogP contribution in [0.1, 0.15) is 35.3 Å². The molecule has 0 unspecified atom stereocenters. The number of rotatable bonds is 6. The molecule has 2 aromatic heterocycles. The number of benzene rings is 1. The van der Waals surface area contributed by atoms with E-state index in [2.05, 4.69) is 21.6 Å². The zero-order chi connectivity index (χ0) is 22.7. The van der Waals surface area contributed by atoms with Crippen LogP contribution in [0.4, 0.5) is 5.00 Å². The maximum absolute atomic E-state index is 12.6. The van der Waals surface area contributed by atoms with Crippen LogP contribution in [0, 0.1) is 11.3 Å². The predicted molar refractivity (Wildman–Crippen MR) is 128 cm³/mol. The molecule has 3 aromatic rings. The van der Waals surface area contributed by atoms with Crippen molar-refractivity contribution < 1.29 is 9.53 Å². The van der Waals surface area contributed by atoms with Crippen molar-refractivity contribution in [2.75, 3.05) is 18.2 Å². The number of methoxy groups -OCH3 is 1. The summed E-state index contributed by atoms with van der Waals surface area (Å²) in [4.78, 5) is 13.9. The number of ether oxygens (including phenoxy) is 1. The number of nitriles is 1. The van der Waals surface area contributed by atoms with Crippen molar-refractivity contribution in [3.8, 4) is 23.2 Å². The van der Waals surface area contributed by atoms with Gasteiger partial charge in [-0.1, -0.05) is 29.8 Å². The summed E-state index contributed by atoms with van der Waals surface area (Å²) in [6, 6.07) is 7.60. The number of amides is 1. The molecule has 1 aromatic carbocycles. The molecule has 2 heterocycles.